The Hall–Kier alpha value is -3.80. The molecule has 0 saturated carbocycles. The van der Waals surface area contributed by atoms with Crippen LogP contribution >= 0.6 is 11.6 Å². The van der Waals surface area contributed by atoms with Gasteiger partial charge in [0.25, 0.3) is 5.89 Å². The fourth-order valence-corrected chi connectivity index (χ4v) is 5.96. The summed E-state index contributed by atoms with van der Waals surface area (Å²) in [6, 6.07) is 10.3. The third-order valence-electron chi connectivity index (χ3n) is 7.94. The molecule has 13 heteroatoms. The lowest BCUT2D eigenvalue weighted by atomic mass is 9.36. The Balaban J connectivity index is 1.62. The highest BCUT2D eigenvalue weighted by Crippen LogP contribution is 2.45. The Morgan fingerprint density at radius 1 is 1.05 bits per heavy atom. The van der Waals surface area contributed by atoms with E-state index in [0.717, 1.165) is 38.0 Å². The molecule has 1 fully saturated rings. The Labute approximate surface area is 242 Å². The minimum atomic E-state index is -5.85. The first-order valence-electron chi connectivity index (χ1n) is 13.6. The Bertz CT molecular complexity index is 1780. The number of hydrogen-bond acceptors (Lipinski definition) is 5. The van der Waals surface area contributed by atoms with Gasteiger partial charge in [0.1, 0.15) is 22.7 Å². The van der Waals surface area contributed by atoms with Crippen LogP contribution in [-0.2, 0) is 12.3 Å². The lowest BCUT2D eigenvalue weighted by Gasteiger charge is -2.23. The zero-order valence-corrected chi connectivity index (χ0v) is 23.2. The standard InChI is InChI=1S/C29H24BClF5N5O/c1-2-18-5-3-4-13-30(18)14-12-22-25(27-40-37-16-42-27)39-24-11-10-20-21(17-6-8-19(31)9-7-17)15-23(38-26(20)41(22)24)28(32,33)29(34,35)36/h2,6-11,15-16H,3-5,12-14H2,1H3/b18-2+. The molecule has 0 bridgehead atoms. The molecule has 216 valence electrons. The van der Waals surface area contributed by atoms with E-state index in [-0.39, 0.29) is 17.1 Å². The van der Waals surface area contributed by atoms with Crippen LogP contribution < -0.4 is 0 Å². The van der Waals surface area contributed by atoms with Crippen molar-refractivity contribution in [1.82, 2.24) is 24.6 Å². The molecule has 0 atom stereocenters. The third-order valence-corrected chi connectivity index (χ3v) is 8.19. The molecule has 0 radical (unpaired) electrons. The van der Waals surface area contributed by atoms with Gasteiger partial charge >= 0.3 is 12.1 Å². The second kappa shape index (κ2) is 10.8. The lowest BCUT2D eigenvalue weighted by molar-refractivity contribution is -0.290. The molecule has 42 heavy (non-hydrogen) atoms. The molecular weight excluding hydrogens is 576 g/mol. The zero-order valence-electron chi connectivity index (χ0n) is 22.4. The maximum atomic E-state index is 14.9. The van der Waals surface area contributed by atoms with E-state index in [9.17, 15) is 22.0 Å². The Morgan fingerprint density at radius 3 is 2.52 bits per heavy atom. The number of nitrogens with zero attached hydrogens (tertiary/aromatic N) is 5. The molecule has 0 aliphatic carbocycles. The van der Waals surface area contributed by atoms with E-state index in [1.54, 1.807) is 40.8 Å². The SMILES string of the molecule is C/C=C1\CCCCB1CCc1c(-c2nnco2)nc2ccc3c(-c4ccc(Cl)cc4)cc(C(F)(F)C(F)(F)F)nc3n12. The monoisotopic (exact) mass is 599 g/mol. The van der Waals surface area contributed by atoms with Crippen LogP contribution in [0.3, 0.4) is 0 Å². The van der Waals surface area contributed by atoms with Gasteiger partial charge in [-0.25, -0.2) is 9.97 Å². The van der Waals surface area contributed by atoms with Gasteiger partial charge in [0.05, 0.1) is 5.69 Å². The second-order valence-electron chi connectivity index (χ2n) is 10.4. The normalized spacial score (nSPS) is 15.8. The molecule has 1 aromatic carbocycles. The van der Waals surface area contributed by atoms with Crippen LogP contribution in [-0.4, -0.2) is 37.5 Å². The number of allylic oxidation sites excluding steroid dienone is 2. The third kappa shape index (κ3) is 4.95. The topological polar surface area (TPSA) is 69.1 Å². The molecule has 1 aliphatic heterocycles. The van der Waals surface area contributed by atoms with Crippen molar-refractivity contribution in [1.29, 1.82) is 0 Å². The van der Waals surface area contributed by atoms with Crippen LogP contribution in [0.1, 0.15) is 37.6 Å². The number of rotatable bonds is 6. The summed E-state index contributed by atoms with van der Waals surface area (Å²) in [5.41, 5.74) is 1.61. The van der Waals surface area contributed by atoms with E-state index in [0.29, 0.717) is 52.5 Å². The first-order chi connectivity index (χ1) is 20.1. The maximum Gasteiger partial charge on any atom is 0.459 e. The van der Waals surface area contributed by atoms with Gasteiger partial charge in [0, 0.05) is 10.4 Å². The fraction of sp³-hybridized carbons (Fsp3) is 0.310. The smallest absolute Gasteiger partial charge is 0.422 e. The van der Waals surface area contributed by atoms with Gasteiger partial charge in [-0.3, -0.25) is 4.40 Å². The summed E-state index contributed by atoms with van der Waals surface area (Å²) in [6.45, 7) is 2.33. The Kier molecular flexibility index (Phi) is 7.28. The largest absolute Gasteiger partial charge is 0.459 e. The molecule has 5 aromatic rings. The molecule has 0 unspecified atom stereocenters. The highest BCUT2D eigenvalue weighted by atomic mass is 35.5. The minimum absolute atomic E-state index is 0.0814. The number of benzene rings is 1. The van der Waals surface area contributed by atoms with Crippen molar-refractivity contribution in [3.63, 3.8) is 0 Å². The van der Waals surface area contributed by atoms with Crippen LogP contribution in [0.4, 0.5) is 22.0 Å². The average molecular weight is 600 g/mol. The maximum absolute atomic E-state index is 14.9. The van der Waals surface area contributed by atoms with Crippen LogP contribution in [0.5, 0.6) is 0 Å². The average Bonchev–Trinajstić information content (AvgIpc) is 3.64. The van der Waals surface area contributed by atoms with E-state index >= 15 is 0 Å². The first kappa shape index (κ1) is 28.3. The summed E-state index contributed by atoms with van der Waals surface area (Å²) in [5, 5.41) is 8.52. The molecule has 0 N–H and O–H groups in total. The van der Waals surface area contributed by atoms with Gasteiger partial charge in [0.15, 0.2) is 6.71 Å². The van der Waals surface area contributed by atoms with Crippen molar-refractivity contribution in [2.45, 2.75) is 57.3 Å². The zero-order chi connectivity index (χ0) is 29.6. The molecular formula is C29H24BClF5N5O. The van der Waals surface area contributed by atoms with Crippen LogP contribution in [0.25, 0.3) is 39.4 Å². The Morgan fingerprint density at radius 2 is 1.83 bits per heavy atom. The molecule has 6 rings (SSSR count). The number of imidazole rings is 1. The number of fused-ring (bicyclic) bond motifs is 3. The van der Waals surface area contributed by atoms with Gasteiger partial charge in [0.2, 0.25) is 6.39 Å². The summed E-state index contributed by atoms with van der Waals surface area (Å²) in [7, 11) is 0. The van der Waals surface area contributed by atoms with Gasteiger partial charge in [-0.1, -0.05) is 55.3 Å². The summed E-state index contributed by atoms with van der Waals surface area (Å²) < 4.78 is 77.6. The number of hydrogen-bond donors (Lipinski definition) is 0. The molecule has 6 nitrogen and oxygen atoms in total. The fourth-order valence-electron chi connectivity index (χ4n) is 5.84. The van der Waals surface area contributed by atoms with Gasteiger partial charge in [-0.05, 0) is 61.2 Å². The predicted octanol–water partition coefficient (Wildman–Crippen LogP) is 8.61. The molecule has 1 aliphatic rings. The lowest BCUT2D eigenvalue weighted by Crippen LogP contribution is -2.34. The molecule has 1 saturated heterocycles. The summed E-state index contributed by atoms with van der Waals surface area (Å²) in [6.07, 6.45) is 2.81. The summed E-state index contributed by atoms with van der Waals surface area (Å²) in [5.74, 6) is -5.09. The van der Waals surface area contributed by atoms with Crippen LogP contribution in [0, 0.1) is 0 Å². The van der Waals surface area contributed by atoms with Gasteiger partial charge in [-0.2, -0.15) is 22.0 Å². The number of pyridine rings is 2. The van der Waals surface area contributed by atoms with Crippen molar-refractivity contribution in [3.05, 3.63) is 76.8 Å². The molecule has 4 aromatic heterocycles. The van der Waals surface area contributed by atoms with Crippen molar-refractivity contribution < 1.29 is 26.4 Å². The first-order valence-corrected chi connectivity index (χ1v) is 13.9. The highest BCUT2D eigenvalue weighted by Gasteiger charge is 2.60. The van der Waals surface area contributed by atoms with Gasteiger partial charge in [-0.15, -0.1) is 15.7 Å². The van der Waals surface area contributed by atoms with E-state index in [1.807, 2.05) is 6.92 Å². The molecule has 0 amide bonds. The predicted molar refractivity (Wildman–Crippen MR) is 151 cm³/mol. The highest BCUT2D eigenvalue weighted by molar-refractivity contribution is 6.67. The van der Waals surface area contributed by atoms with E-state index in [4.69, 9.17) is 16.0 Å². The van der Waals surface area contributed by atoms with Crippen molar-refractivity contribution >= 4 is 35.0 Å². The summed E-state index contributed by atoms with van der Waals surface area (Å²) >= 11 is 6.03. The summed E-state index contributed by atoms with van der Waals surface area (Å²) in [4.78, 5) is 8.62. The number of halogens is 6. The molecule has 5 heterocycles. The quantitative estimate of drug-likeness (QED) is 0.144. The van der Waals surface area contributed by atoms with E-state index in [2.05, 4.69) is 26.2 Å². The second-order valence-corrected chi connectivity index (χ2v) is 10.8. The van der Waals surface area contributed by atoms with Crippen molar-refractivity contribution in [2.75, 3.05) is 0 Å². The van der Waals surface area contributed by atoms with E-state index in [1.165, 1.54) is 5.47 Å². The van der Waals surface area contributed by atoms with Gasteiger partial charge < -0.3 is 4.42 Å². The number of aryl methyl sites for hydroxylation is 1. The van der Waals surface area contributed by atoms with Crippen LogP contribution in [0.15, 0.2) is 64.8 Å². The molecule has 0 spiro atoms. The van der Waals surface area contributed by atoms with E-state index < -0.39 is 17.8 Å². The number of alkyl halides is 5. The van der Waals surface area contributed by atoms with Crippen molar-refractivity contribution in [2.24, 2.45) is 0 Å². The van der Waals surface area contributed by atoms with Crippen molar-refractivity contribution in [3.8, 4) is 22.7 Å². The minimum Gasteiger partial charge on any atom is -0.422 e. The number of aromatic nitrogens is 5. The van der Waals surface area contributed by atoms with Crippen LogP contribution in [0.2, 0.25) is 17.7 Å².